The fourth-order valence-electron chi connectivity index (χ4n) is 2.87. The largest absolute Gasteiger partial charge is 0.489 e. The van der Waals surface area contributed by atoms with Crippen molar-refractivity contribution in [2.45, 2.75) is 13.0 Å². The van der Waals surface area contributed by atoms with Gasteiger partial charge in [-0.2, -0.15) is 0 Å². The number of ether oxygens (including phenoxy) is 1. The topological polar surface area (TPSA) is 50.4 Å². The maximum atomic E-state index is 11.8. The van der Waals surface area contributed by atoms with Crippen LogP contribution in [0.4, 0.5) is 0 Å². The molecule has 3 aromatic carbocycles. The number of hydrogen-bond donors (Lipinski definition) is 2. The molecular weight excluding hydrogens is 348 g/mol. The van der Waals surface area contributed by atoms with E-state index < -0.39 is 0 Å². The van der Waals surface area contributed by atoms with E-state index in [0.29, 0.717) is 19.6 Å². The summed E-state index contributed by atoms with van der Waals surface area (Å²) in [5.41, 5.74) is 4.50. The molecule has 0 bridgehead atoms. The van der Waals surface area contributed by atoms with Gasteiger partial charge in [0.1, 0.15) is 12.4 Å². The Morgan fingerprint density at radius 2 is 1.43 bits per heavy atom. The lowest BCUT2D eigenvalue weighted by molar-refractivity contribution is -0.120. The third-order valence-corrected chi connectivity index (χ3v) is 4.45. The number of rotatable bonds is 9. The van der Waals surface area contributed by atoms with Gasteiger partial charge in [-0.1, -0.05) is 66.7 Å². The highest BCUT2D eigenvalue weighted by Crippen LogP contribution is 2.20. The zero-order valence-corrected chi connectivity index (χ0v) is 16.2. The van der Waals surface area contributed by atoms with Crippen LogP contribution in [0.2, 0.25) is 0 Å². The van der Waals surface area contributed by atoms with Crippen LogP contribution in [-0.2, 0) is 17.8 Å². The Bertz CT molecular complexity index is 859. The number of carbonyl (C=O) groups excluding carboxylic acids is 1. The van der Waals surface area contributed by atoms with Gasteiger partial charge in [0, 0.05) is 13.1 Å². The Morgan fingerprint density at radius 3 is 2.11 bits per heavy atom. The molecule has 0 saturated carbocycles. The van der Waals surface area contributed by atoms with Gasteiger partial charge in [-0.05, 0) is 41.4 Å². The van der Waals surface area contributed by atoms with Crippen LogP contribution in [0.3, 0.4) is 0 Å². The molecule has 2 N–H and O–H groups in total. The fourth-order valence-corrected chi connectivity index (χ4v) is 2.87. The van der Waals surface area contributed by atoms with Gasteiger partial charge in [0.2, 0.25) is 5.91 Å². The summed E-state index contributed by atoms with van der Waals surface area (Å²) in [5, 5.41) is 5.88. The predicted octanol–water partition coefficient (Wildman–Crippen LogP) is 3.81. The Morgan fingerprint density at radius 1 is 0.786 bits per heavy atom. The molecule has 0 spiro atoms. The SMILES string of the molecule is CNCCNC(=O)Cc1ccc(OCc2ccc(-c3ccccc3)cc2)cc1. The smallest absolute Gasteiger partial charge is 0.224 e. The maximum Gasteiger partial charge on any atom is 0.224 e. The standard InChI is InChI=1S/C24H26N2O2/c1-25-15-16-26-24(27)17-19-9-13-23(14-10-19)28-18-20-7-11-22(12-8-20)21-5-3-2-4-6-21/h2-14,25H,15-18H2,1H3,(H,26,27). The van der Waals surface area contributed by atoms with Gasteiger partial charge in [-0.25, -0.2) is 0 Å². The summed E-state index contributed by atoms with van der Waals surface area (Å²) in [5.74, 6) is 0.828. The van der Waals surface area contributed by atoms with Gasteiger partial charge in [-0.15, -0.1) is 0 Å². The molecule has 4 nitrogen and oxygen atoms in total. The summed E-state index contributed by atoms with van der Waals surface area (Å²) in [4.78, 5) is 11.8. The minimum atomic E-state index is 0.0300. The highest BCUT2D eigenvalue weighted by molar-refractivity contribution is 5.78. The fraction of sp³-hybridized carbons (Fsp3) is 0.208. The molecule has 0 aliphatic carbocycles. The molecule has 0 unspecified atom stereocenters. The van der Waals surface area contributed by atoms with Crippen LogP contribution in [0.15, 0.2) is 78.9 Å². The highest BCUT2D eigenvalue weighted by atomic mass is 16.5. The molecular formula is C24H26N2O2. The second-order valence-electron chi connectivity index (χ2n) is 6.63. The van der Waals surface area contributed by atoms with E-state index in [0.717, 1.165) is 23.4 Å². The third kappa shape index (κ3) is 5.96. The molecule has 144 valence electrons. The molecule has 0 radical (unpaired) electrons. The summed E-state index contributed by atoms with van der Waals surface area (Å²) < 4.78 is 5.87. The molecule has 0 heterocycles. The molecule has 0 atom stereocenters. The quantitative estimate of drug-likeness (QED) is 0.560. The predicted molar refractivity (Wildman–Crippen MR) is 113 cm³/mol. The maximum absolute atomic E-state index is 11.8. The van der Waals surface area contributed by atoms with Crippen LogP contribution >= 0.6 is 0 Å². The van der Waals surface area contributed by atoms with E-state index in [1.165, 1.54) is 11.1 Å². The first-order valence-corrected chi connectivity index (χ1v) is 9.52. The first-order chi connectivity index (χ1) is 13.7. The van der Waals surface area contributed by atoms with Crippen molar-refractivity contribution < 1.29 is 9.53 Å². The zero-order valence-electron chi connectivity index (χ0n) is 16.2. The lowest BCUT2D eigenvalue weighted by Crippen LogP contribution is -2.31. The van der Waals surface area contributed by atoms with Gasteiger partial charge in [0.05, 0.1) is 6.42 Å². The molecule has 0 saturated heterocycles. The van der Waals surface area contributed by atoms with E-state index in [9.17, 15) is 4.79 Å². The first kappa shape index (κ1) is 19.6. The summed E-state index contributed by atoms with van der Waals surface area (Å²) in [7, 11) is 1.86. The average molecular weight is 374 g/mol. The summed E-state index contributed by atoms with van der Waals surface area (Å²) in [6, 6.07) is 26.4. The lowest BCUT2D eigenvalue weighted by atomic mass is 10.0. The van der Waals surface area contributed by atoms with E-state index in [-0.39, 0.29) is 5.91 Å². The number of hydrogen-bond acceptors (Lipinski definition) is 3. The third-order valence-electron chi connectivity index (χ3n) is 4.45. The van der Waals surface area contributed by atoms with Crippen LogP contribution in [0.1, 0.15) is 11.1 Å². The van der Waals surface area contributed by atoms with E-state index in [4.69, 9.17) is 4.74 Å². The van der Waals surface area contributed by atoms with Gasteiger partial charge in [-0.3, -0.25) is 4.79 Å². The Labute approximate surface area is 166 Å². The van der Waals surface area contributed by atoms with Crippen molar-refractivity contribution in [3.05, 3.63) is 90.0 Å². The molecule has 1 amide bonds. The second-order valence-corrected chi connectivity index (χ2v) is 6.63. The van der Waals surface area contributed by atoms with Crippen molar-refractivity contribution in [3.63, 3.8) is 0 Å². The molecule has 0 aliphatic heterocycles. The minimum absolute atomic E-state index is 0.0300. The van der Waals surface area contributed by atoms with Crippen molar-refractivity contribution in [2.24, 2.45) is 0 Å². The van der Waals surface area contributed by atoms with Gasteiger partial charge >= 0.3 is 0 Å². The number of carbonyl (C=O) groups is 1. The summed E-state index contributed by atoms with van der Waals surface area (Å²) in [6.07, 6.45) is 0.380. The number of amides is 1. The van der Waals surface area contributed by atoms with Crippen molar-refractivity contribution in [1.29, 1.82) is 0 Å². The van der Waals surface area contributed by atoms with E-state index in [1.807, 2.05) is 49.5 Å². The zero-order chi connectivity index (χ0) is 19.6. The van der Waals surface area contributed by atoms with Crippen molar-refractivity contribution in [1.82, 2.24) is 10.6 Å². The van der Waals surface area contributed by atoms with Crippen molar-refractivity contribution in [3.8, 4) is 16.9 Å². The van der Waals surface area contributed by atoms with E-state index in [1.54, 1.807) is 0 Å². The molecule has 4 heteroatoms. The van der Waals surface area contributed by atoms with Crippen LogP contribution < -0.4 is 15.4 Å². The monoisotopic (exact) mass is 374 g/mol. The van der Waals surface area contributed by atoms with Crippen LogP contribution in [0.5, 0.6) is 5.75 Å². The Kier molecular flexibility index (Phi) is 7.21. The van der Waals surface area contributed by atoms with Crippen LogP contribution in [0, 0.1) is 0 Å². The number of likely N-dealkylation sites (N-methyl/N-ethyl adjacent to an activating group) is 1. The first-order valence-electron chi connectivity index (χ1n) is 9.52. The normalized spacial score (nSPS) is 10.5. The molecule has 0 aromatic heterocycles. The van der Waals surface area contributed by atoms with Gasteiger partial charge < -0.3 is 15.4 Å². The van der Waals surface area contributed by atoms with Gasteiger partial charge in [0.15, 0.2) is 0 Å². The molecule has 3 rings (SSSR count). The van der Waals surface area contributed by atoms with Crippen LogP contribution in [-0.4, -0.2) is 26.0 Å². The highest BCUT2D eigenvalue weighted by Gasteiger charge is 2.04. The Balaban J connectivity index is 1.49. The van der Waals surface area contributed by atoms with E-state index in [2.05, 4.69) is 47.0 Å². The van der Waals surface area contributed by atoms with Crippen LogP contribution in [0.25, 0.3) is 11.1 Å². The molecule has 28 heavy (non-hydrogen) atoms. The Hall–Kier alpha value is -3.11. The van der Waals surface area contributed by atoms with Gasteiger partial charge in [0.25, 0.3) is 0 Å². The van der Waals surface area contributed by atoms with E-state index >= 15 is 0 Å². The molecule has 0 aliphatic rings. The number of benzene rings is 3. The second kappa shape index (κ2) is 10.3. The molecule has 0 fully saturated rings. The minimum Gasteiger partial charge on any atom is -0.489 e. The van der Waals surface area contributed by atoms with Crippen molar-refractivity contribution in [2.75, 3.05) is 20.1 Å². The van der Waals surface area contributed by atoms with Crippen molar-refractivity contribution >= 4 is 5.91 Å². The lowest BCUT2D eigenvalue weighted by Gasteiger charge is -2.09. The molecule has 3 aromatic rings. The number of nitrogens with one attached hydrogen (secondary N) is 2. The summed E-state index contributed by atoms with van der Waals surface area (Å²) >= 11 is 0. The summed E-state index contributed by atoms with van der Waals surface area (Å²) in [6.45, 7) is 1.92. The average Bonchev–Trinajstić information content (AvgIpc) is 2.74.